The first kappa shape index (κ1) is 24.2. The molecule has 0 fully saturated rings. The number of aromatic nitrogens is 2. The van der Waals surface area contributed by atoms with Gasteiger partial charge in [-0.3, -0.25) is 18.7 Å². The molecule has 1 aromatic heterocycles. The molecule has 0 bridgehead atoms. The number of nitrogens with zero attached hydrogens (tertiary/aromatic N) is 2. The van der Waals surface area contributed by atoms with E-state index in [1.54, 1.807) is 37.4 Å². The molecule has 0 aliphatic carbocycles. The molecule has 4 rings (SSSR count). The maximum atomic E-state index is 13.5. The highest BCUT2D eigenvalue weighted by atomic mass is 35.5. The van der Waals surface area contributed by atoms with Crippen LogP contribution >= 0.6 is 11.6 Å². The van der Waals surface area contributed by atoms with Crippen LogP contribution in [0.5, 0.6) is 5.75 Å². The molecule has 1 N–H and O–H groups in total. The van der Waals surface area contributed by atoms with Crippen molar-refractivity contribution < 1.29 is 13.9 Å². The summed E-state index contributed by atoms with van der Waals surface area (Å²) in [5, 5.41) is 3.30. The van der Waals surface area contributed by atoms with Gasteiger partial charge in [0.1, 0.15) is 11.6 Å². The third-order valence-corrected chi connectivity index (χ3v) is 6.06. The lowest BCUT2D eigenvalue weighted by atomic mass is 10.2. The van der Waals surface area contributed by atoms with Gasteiger partial charge in [0.05, 0.1) is 24.6 Å². The normalized spacial score (nSPS) is 10.9. The first-order chi connectivity index (χ1) is 16.9. The number of benzene rings is 3. The Morgan fingerprint density at radius 3 is 2.51 bits per heavy atom. The number of ether oxygens (including phenoxy) is 1. The molecule has 0 aliphatic rings. The first-order valence-corrected chi connectivity index (χ1v) is 11.3. The van der Waals surface area contributed by atoms with Crippen molar-refractivity contribution in [2.45, 2.75) is 26.1 Å². The molecule has 0 unspecified atom stereocenters. The molecule has 35 heavy (non-hydrogen) atoms. The van der Waals surface area contributed by atoms with Gasteiger partial charge in [-0.25, -0.2) is 9.18 Å². The Hall–Kier alpha value is -3.91. The number of carbonyl (C=O) groups excluding carboxylic acids is 1. The molecule has 0 atom stereocenters. The van der Waals surface area contributed by atoms with E-state index in [0.717, 1.165) is 10.1 Å². The molecular formula is C26H23ClFN3O4. The van der Waals surface area contributed by atoms with Crippen LogP contribution in [0, 0.1) is 5.82 Å². The van der Waals surface area contributed by atoms with Crippen LogP contribution in [0.15, 0.2) is 76.3 Å². The Balaban J connectivity index is 1.60. The zero-order valence-corrected chi connectivity index (χ0v) is 19.7. The third-order valence-electron chi connectivity index (χ3n) is 5.71. The fourth-order valence-electron chi connectivity index (χ4n) is 3.89. The second kappa shape index (κ2) is 10.6. The average molecular weight is 496 g/mol. The van der Waals surface area contributed by atoms with E-state index in [4.69, 9.17) is 16.3 Å². The minimum absolute atomic E-state index is 0.0404. The number of hydrogen-bond acceptors (Lipinski definition) is 4. The van der Waals surface area contributed by atoms with E-state index in [9.17, 15) is 18.8 Å². The quantitative estimate of drug-likeness (QED) is 0.404. The first-order valence-electron chi connectivity index (χ1n) is 10.9. The average Bonchev–Trinajstić information content (AvgIpc) is 2.86. The Labute approximate surface area is 205 Å². The van der Waals surface area contributed by atoms with Gasteiger partial charge in [0.15, 0.2) is 0 Å². The second-order valence-corrected chi connectivity index (χ2v) is 8.32. The number of methoxy groups -OCH3 is 1. The Kier molecular flexibility index (Phi) is 7.31. The van der Waals surface area contributed by atoms with Gasteiger partial charge in [-0.1, -0.05) is 48.0 Å². The van der Waals surface area contributed by atoms with Crippen molar-refractivity contribution in [2.75, 3.05) is 7.11 Å². The largest absolute Gasteiger partial charge is 0.496 e. The Morgan fingerprint density at radius 2 is 1.74 bits per heavy atom. The molecule has 3 aromatic carbocycles. The van der Waals surface area contributed by atoms with Crippen molar-refractivity contribution in [3.8, 4) is 5.75 Å². The van der Waals surface area contributed by atoms with Gasteiger partial charge in [0, 0.05) is 30.1 Å². The minimum atomic E-state index is -0.577. The van der Waals surface area contributed by atoms with Crippen LogP contribution in [0.1, 0.15) is 17.5 Å². The zero-order valence-electron chi connectivity index (χ0n) is 19.0. The van der Waals surface area contributed by atoms with Crippen LogP contribution < -0.4 is 21.3 Å². The lowest BCUT2D eigenvalue weighted by Gasteiger charge is -2.15. The standard InChI is InChI=1S/C26H23ClFN3O4/c1-35-23-9-5-2-6-17(23)15-29-24(32)12-13-30-25(33)20-7-3-4-8-22(20)31(26(30)34)16-18-10-11-19(28)14-21(18)27/h2-11,14H,12-13,15-16H2,1H3,(H,29,32). The number of fused-ring (bicyclic) bond motifs is 1. The van der Waals surface area contributed by atoms with Crippen molar-refractivity contribution in [2.24, 2.45) is 0 Å². The molecule has 1 heterocycles. The van der Waals surface area contributed by atoms with Gasteiger partial charge in [-0.15, -0.1) is 0 Å². The molecule has 0 saturated carbocycles. The molecule has 0 saturated heterocycles. The van der Waals surface area contributed by atoms with Gasteiger partial charge in [-0.2, -0.15) is 0 Å². The fraction of sp³-hybridized carbons (Fsp3) is 0.192. The highest BCUT2D eigenvalue weighted by Gasteiger charge is 2.15. The van der Waals surface area contributed by atoms with Gasteiger partial charge in [0.25, 0.3) is 5.56 Å². The molecule has 9 heteroatoms. The summed E-state index contributed by atoms with van der Waals surface area (Å²) in [5.41, 5.74) is 0.709. The number of nitrogens with one attached hydrogen (secondary N) is 1. The van der Waals surface area contributed by atoms with Gasteiger partial charge in [-0.05, 0) is 35.9 Å². The molecule has 4 aromatic rings. The molecule has 0 spiro atoms. The lowest BCUT2D eigenvalue weighted by Crippen LogP contribution is -2.41. The summed E-state index contributed by atoms with van der Waals surface area (Å²) in [7, 11) is 1.55. The summed E-state index contributed by atoms with van der Waals surface area (Å²) in [6.45, 7) is 0.193. The maximum Gasteiger partial charge on any atom is 0.331 e. The smallest absolute Gasteiger partial charge is 0.331 e. The molecular weight excluding hydrogens is 473 g/mol. The second-order valence-electron chi connectivity index (χ2n) is 7.92. The van der Waals surface area contributed by atoms with Crippen LogP contribution in [0.25, 0.3) is 10.9 Å². The van der Waals surface area contributed by atoms with Crippen molar-refractivity contribution in [1.29, 1.82) is 0 Å². The van der Waals surface area contributed by atoms with Crippen LogP contribution in [-0.2, 0) is 24.4 Å². The zero-order chi connectivity index (χ0) is 24.9. The number of carbonyl (C=O) groups is 1. The molecule has 7 nitrogen and oxygen atoms in total. The topological polar surface area (TPSA) is 82.3 Å². The van der Waals surface area contributed by atoms with Crippen LogP contribution in [0.4, 0.5) is 4.39 Å². The SMILES string of the molecule is COc1ccccc1CNC(=O)CCn1c(=O)c2ccccc2n(Cc2ccc(F)cc2Cl)c1=O. The van der Waals surface area contributed by atoms with Gasteiger partial charge < -0.3 is 10.1 Å². The van der Waals surface area contributed by atoms with E-state index in [1.165, 1.54) is 22.8 Å². The number of halogens is 2. The highest BCUT2D eigenvalue weighted by Crippen LogP contribution is 2.20. The summed E-state index contributed by atoms with van der Waals surface area (Å²) in [5.74, 6) is -0.149. The van der Waals surface area contributed by atoms with Crippen molar-refractivity contribution >= 4 is 28.4 Å². The van der Waals surface area contributed by atoms with Crippen LogP contribution in [0.3, 0.4) is 0 Å². The number of para-hydroxylation sites is 2. The molecule has 0 radical (unpaired) electrons. The van der Waals surface area contributed by atoms with E-state index < -0.39 is 17.1 Å². The van der Waals surface area contributed by atoms with Gasteiger partial charge >= 0.3 is 5.69 Å². The Morgan fingerprint density at radius 1 is 1.00 bits per heavy atom. The maximum absolute atomic E-state index is 13.5. The van der Waals surface area contributed by atoms with E-state index >= 15 is 0 Å². The van der Waals surface area contributed by atoms with E-state index in [2.05, 4.69) is 5.32 Å². The number of amides is 1. The van der Waals surface area contributed by atoms with E-state index in [-0.39, 0.29) is 37.0 Å². The predicted molar refractivity (Wildman–Crippen MR) is 132 cm³/mol. The summed E-state index contributed by atoms with van der Waals surface area (Å²) < 4.78 is 21.2. The highest BCUT2D eigenvalue weighted by molar-refractivity contribution is 6.31. The number of rotatable bonds is 8. The molecule has 0 aliphatic heterocycles. The number of hydrogen-bond donors (Lipinski definition) is 1. The fourth-order valence-corrected chi connectivity index (χ4v) is 4.11. The van der Waals surface area contributed by atoms with Crippen molar-refractivity contribution in [3.05, 3.63) is 110 Å². The summed E-state index contributed by atoms with van der Waals surface area (Å²) in [6, 6.07) is 18.0. The van der Waals surface area contributed by atoms with Crippen LogP contribution in [-0.4, -0.2) is 22.2 Å². The Bertz CT molecular complexity index is 1510. The monoisotopic (exact) mass is 495 g/mol. The van der Waals surface area contributed by atoms with Gasteiger partial charge in [0.2, 0.25) is 5.91 Å². The summed E-state index contributed by atoms with van der Waals surface area (Å²) in [6.07, 6.45) is -0.0695. The third kappa shape index (κ3) is 5.27. The predicted octanol–water partition coefficient (Wildman–Crippen LogP) is 3.72. The van der Waals surface area contributed by atoms with E-state index in [1.807, 2.05) is 18.2 Å². The lowest BCUT2D eigenvalue weighted by molar-refractivity contribution is -0.121. The molecule has 180 valence electrons. The minimum Gasteiger partial charge on any atom is -0.496 e. The summed E-state index contributed by atoms with van der Waals surface area (Å²) in [4.78, 5) is 38.9. The van der Waals surface area contributed by atoms with E-state index in [0.29, 0.717) is 22.2 Å². The summed E-state index contributed by atoms with van der Waals surface area (Å²) >= 11 is 6.18. The molecule has 1 amide bonds. The van der Waals surface area contributed by atoms with Crippen molar-refractivity contribution in [3.63, 3.8) is 0 Å². The van der Waals surface area contributed by atoms with Crippen molar-refractivity contribution in [1.82, 2.24) is 14.5 Å². The van der Waals surface area contributed by atoms with Crippen LogP contribution in [0.2, 0.25) is 5.02 Å².